The fourth-order valence-corrected chi connectivity index (χ4v) is 3.26. The minimum Gasteiger partial charge on any atom is -0.364 e. The van der Waals surface area contributed by atoms with E-state index in [4.69, 9.17) is 4.52 Å². The second kappa shape index (κ2) is 6.29. The first-order valence-corrected chi connectivity index (χ1v) is 8.32. The monoisotopic (exact) mass is 340 g/mol. The summed E-state index contributed by atoms with van der Waals surface area (Å²) in [5.74, 6) is 1.08. The van der Waals surface area contributed by atoms with E-state index < -0.39 is 0 Å². The summed E-state index contributed by atoms with van der Waals surface area (Å²) in [6.45, 7) is 7.15. The minimum absolute atomic E-state index is 0.0831. The Bertz CT molecular complexity index is 921. The van der Waals surface area contributed by atoms with Crippen LogP contribution in [0.1, 0.15) is 17.1 Å². The maximum atomic E-state index is 12.1. The Balaban J connectivity index is 1.44. The first kappa shape index (κ1) is 15.8. The van der Waals surface area contributed by atoms with E-state index in [-0.39, 0.29) is 5.56 Å². The Morgan fingerprint density at radius 2 is 2.04 bits per heavy atom. The van der Waals surface area contributed by atoms with Gasteiger partial charge >= 0.3 is 0 Å². The zero-order valence-corrected chi connectivity index (χ0v) is 14.3. The fraction of sp³-hybridized carbons (Fsp3) is 0.412. The molecule has 0 unspecified atom stereocenters. The van der Waals surface area contributed by atoms with Gasteiger partial charge in [-0.05, 0) is 26.0 Å². The van der Waals surface area contributed by atoms with Crippen molar-refractivity contribution in [3.63, 3.8) is 0 Å². The summed E-state index contributed by atoms with van der Waals surface area (Å²) in [6, 6.07) is 7.14. The van der Waals surface area contributed by atoms with Gasteiger partial charge in [0.1, 0.15) is 6.26 Å². The van der Waals surface area contributed by atoms with Gasteiger partial charge in [-0.2, -0.15) is 5.10 Å². The molecule has 0 radical (unpaired) electrons. The quantitative estimate of drug-likeness (QED) is 0.693. The molecule has 3 aromatic rings. The number of nitrogens with zero attached hydrogens (tertiary/aromatic N) is 6. The predicted octanol–water partition coefficient (Wildman–Crippen LogP) is 1.17. The molecule has 1 aliphatic rings. The van der Waals surface area contributed by atoms with Crippen molar-refractivity contribution < 1.29 is 4.52 Å². The third-order valence-electron chi connectivity index (χ3n) is 4.42. The topological polar surface area (TPSA) is 82.0 Å². The molecule has 4 rings (SSSR count). The third-order valence-corrected chi connectivity index (χ3v) is 4.42. The Morgan fingerprint density at radius 3 is 2.72 bits per heavy atom. The van der Waals surface area contributed by atoms with Crippen molar-refractivity contribution in [3.05, 3.63) is 58.0 Å². The molecular weight excluding hydrogens is 320 g/mol. The molecule has 0 bridgehead atoms. The molecule has 3 aromatic heterocycles. The van der Waals surface area contributed by atoms with Crippen LogP contribution in [-0.2, 0) is 13.1 Å². The highest BCUT2D eigenvalue weighted by Crippen LogP contribution is 2.19. The summed E-state index contributed by atoms with van der Waals surface area (Å²) in [6.07, 6.45) is 1.58. The molecule has 0 saturated carbocycles. The number of aromatic nitrogens is 5. The van der Waals surface area contributed by atoms with Crippen LogP contribution in [-0.4, -0.2) is 42.7 Å². The van der Waals surface area contributed by atoms with Gasteiger partial charge in [0.15, 0.2) is 5.82 Å². The molecule has 25 heavy (non-hydrogen) atoms. The van der Waals surface area contributed by atoms with E-state index in [1.54, 1.807) is 27.8 Å². The molecule has 0 aliphatic carbocycles. The van der Waals surface area contributed by atoms with E-state index in [1.165, 1.54) is 0 Å². The number of aryl methyl sites for hydroxylation is 2. The van der Waals surface area contributed by atoms with Gasteiger partial charge in [0, 0.05) is 43.4 Å². The van der Waals surface area contributed by atoms with Crippen LogP contribution in [0, 0.1) is 19.8 Å². The van der Waals surface area contributed by atoms with Crippen molar-refractivity contribution in [2.75, 3.05) is 13.1 Å². The summed E-state index contributed by atoms with van der Waals surface area (Å²) in [4.78, 5) is 14.4. The summed E-state index contributed by atoms with van der Waals surface area (Å²) in [7, 11) is 0. The molecule has 0 N–H and O–H groups in total. The van der Waals surface area contributed by atoms with Crippen molar-refractivity contribution in [3.8, 4) is 5.82 Å². The molecule has 8 nitrogen and oxygen atoms in total. The Morgan fingerprint density at radius 1 is 1.20 bits per heavy atom. The van der Waals surface area contributed by atoms with Gasteiger partial charge in [-0.25, -0.2) is 9.36 Å². The van der Waals surface area contributed by atoms with E-state index >= 15 is 0 Å². The zero-order chi connectivity index (χ0) is 17.4. The van der Waals surface area contributed by atoms with E-state index in [0.717, 1.165) is 36.7 Å². The van der Waals surface area contributed by atoms with E-state index in [2.05, 4.69) is 20.3 Å². The van der Waals surface area contributed by atoms with Crippen LogP contribution in [0.5, 0.6) is 0 Å². The summed E-state index contributed by atoms with van der Waals surface area (Å²) < 4.78 is 8.16. The van der Waals surface area contributed by atoms with Gasteiger partial charge in [-0.1, -0.05) is 5.16 Å². The maximum absolute atomic E-state index is 12.1. The predicted molar refractivity (Wildman–Crippen MR) is 90.4 cm³/mol. The molecule has 130 valence electrons. The van der Waals surface area contributed by atoms with Crippen molar-refractivity contribution in [1.82, 2.24) is 29.6 Å². The van der Waals surface area contributed by atoms with Gasteiger partial charge in [-0.15, -0.1) is 5.10 Å². The first-order valence-electron chi connectivity index (χ1n) is 8.32. The smallest absolute Gasteiger partial charge is 0.266 e. The van der Waals surface area contributed by atoms with Crippen LogP contribution < -0.4 is 5.56 Å². The Kier molecular flexibility index (Phi) is 3.96. The van der Waals surface area contributed by atoms with E-state index in [1.807, 2.05) is 26.0 Å². The Hall–Kier alpha value is -2.74. The fourth-order valence-electron chi connectivity index (χ4n) is 3.26. The molecule has 1 fully saturated rings. The number of hydrogen-bond acceptors (Lipinski definition) is 6. The lowest BCUT2D eigenvalue weighted by Crippen LogP contribution is -2.49. The lowest BCUT2D eigenvalue weighted by Gasteiger charge is -2.38. The van der Waals surface area contributed by atoms with Crippen LogP contribution in [0.25, 0.3) is 5.82 Å². The SMILES string of the molecule is Cc1cc(C)n(-c2ccc(=O)n(CC3CN(Cc4ccon4)C3)n2)n1. The standard InChI is InChI=1S/C17H20N6O2/c1-12-7-13(2)23(18-12)16-3-4-17(24)22(19-16)10-14-8-21(9-14)11-15-5-6-25-20-15/h3-7,14H,8-11H2,1-2H3. The van der Waals surface area contributed by atoms with E-state index in [0.29, 0.717) is 18.3 Å². The molecule has 0 spiro atoms. The van der Waals surface area contributed by atoms with Crippen LogP contribution in [0.3, 0.4) is 0 Å². The minimum atomic E-state index is -0.0831. The maximum Gasteiger partial charge on any atom is 0.266 e. The highest BCUT2D eigenvalue weighted by Gasteiger charge is 2.28. The molecule has 0 atom stereocenters. The average molecular weight is 340 g/mol. The summed E-state index contributed by atoms with van der Waals surface area (Å²) >= 11 is 0. The summed E-state index contributed by atoms with van der Waals surface area (Å²) in [5, 5.41) is 12.9. The highest BCUT2D eigenvalue weighted by atomic mass is 16.5. The average Bonchev–Trinajstić information content (AvgIpc) is 3.16. The Labute approximate surface area is 144 Å². The third kappa shape index (κ3) is 3.25. The number of likely N-dealkylation sites (tertiary alicyclic amines) is 1. The summed E-state index contributed by atoms with van der Waals surface area (Å²) in [5.41, 5.74) is 2.78. The molecule has 0 amide bonds. The van der Waals surface area contributed by atoms with Crippen molar-refractivity contribution in [2.24, 2.45) is 5.92 Å². The lowest BCUT2D eigenvalue weighted by molar-refractivity contribution is 0.0743. The number of rotatable bonds is 5. The second-order valence-electron chi connectivity index (χ2n) is 6.60. The highest BCUT2D eigenvalue weighted by molar-refractivity contribution is 5.23. The molecule has 1 aliphatic heterocycles. The van der Waals surface area contributed by atoms with E-state index in [9.17, 15) is 4.79 Å². The molecule has 4 heterocycles. The largest absolute Gasteiger partial charge is 0.364 e. The second-order valence-corrected chi connectivity index (χ2v) is 6.60. The first-order chi connectivity index (χ1) is 12.1. The molecular formula is C17H20N6O2. The van der Waals surface area contributed by atoms with Crippen molar-refractivity contribution in [1.29, 1.82) is 0 Å². The van der Waals surface area contributed by atoms with Crippen LogP contribution in [0.2, 0.25) is 0 Å². The van der Waals surface area contributed by atoms with Gasteiger partial charge in [0.25, 0.3) is 5.56 Å². The molecule has 0 aromatic carbocycles. The number of hydrogen-bond donors (Lipinski definition) is 0. The van der Waals surface area contributed by atoms with Gasteiger partial charge in [0.2, 0.25) is 0 Å². The lowest BCUT2D eigenvalue weighted by atomic mass is 10.00. The van der Waals surface area contributed by atoms with Crippen molar-refractivity contribution in [2.45, 2.75) is 26.9 Å². The normalized spacial score (nSPS) is 15.4. The van der Waals surface area contributed by atoms with Crippen molar-refractivity contribution >= 4 is 0 Å². The van der Waals surface area contributed by atoms with Gasteiger partial charge in [-0.3, -0.25) is 9.69 Å². The zero-order valence-electron chi connectivity index (χ0n) is 14.3. The molecule has 1 saturated heterocycles. The van der Waals surface area contributed by atoms with Crippen LogP contribution >= 0.6 is 0 Å². The van der Waals surface area contributed by atoms with Gasteiger partial charge in [0.05, 0.1) is 17.9 Å². The molecule has 8 heteroatoms. The van der Waals surface area contributed by atoms with Gasteiger partial charge < -0.3 is 4.52 Å². The van der Waals surface area contributed by atoms with Crippen LogP contribution in [0.15, 0.2) is 39.8 Å². The van der Waals surface area contributed by atoms with Crippen LogP contribution in [0.4, 0.5) is 0 Å².